The van der Waals surface area contributed by atoms with Crippen LogP contribution in [-0.4, -0.2) is 45.6 Å². The van der Waals surface area contributed by atoms with Crippen LogP contribution in [0.2, 0.25) is 0 Å². The van der Waals surface area contributed by atoms with Crippen molar-refractivity contribution in [3.05, 3.63) is 54.2 Å². The van der Waals surface area contributed by atoms with Crippen molar-refractivity contribution in [3.63, 3.8) is 0 Å². The summed E-state index contributed by atoms with van der Waals surface area (Å²) in [4.78, 5) is 12.9. The van der Waals surface area contributed by atoms with E-state index in [1.165, 1.54) is 23.5 Å². The fraction of sp³-hybridized carbons (Fsp3) is 0.304. The van der Waals surface area contributed by atoms with Gasteiger partial charge in [0.15, 0.2) is 11.5 Å². The van der Waals surface area contributed by atoms with Crippen LogP contribution in [0.4, 0.5) is 5.69 Å². The maximum absolute atomic E-state index is 13.9. The van der Waals surface area contributed by atoms with Gasteiger partial charge in [0.25, 0.3) is 10.0 Å². The van der Waals surface area contributed by atoms with Crippen molar-refractivity contribution in [3.8, 4) is 17.1 Å². The highest BCUT2D eigenvalue weighted by atomic mass is 32.2. The summed E-state index contributed by atoms with van der Waals surface area (Å²) in [5.74, 6) is 0.812. The zero-order valence-electron chi connectivity index (χ0n) is 18.5. The molecule has 0 fully saturated rings. The van der Waals surface area contributed by atoms with E-state index >= 15 is 0 Å². The molecular weight excluding hydrogens is 464 g/mol. The monoisotopic (exact) mass is 488 g/mol. The number of anilines is 1. The third-order valence-electron chi connectivity index (χ3n) is 5.15. The van der Waals surface area contributed by atoms with Crippen LogP contribution in [0.1, 0.15) is 24.3 Å². The van der Waals surface area contributed by atoms with E-state index in [1.54, 1.807) is 30.8 Å². The molecule has 1 atom stereocenters. The highest BCUT2D eigenvalue weighted by Gasteiger charge is 2.33. The Morgan fingerprint density at radius 3 is 2.79 bits per heavy atom. The molecule has 0 saturated carbocycles. The standard InChI is InChI=1S/C23H24N2O6S2/c1-4-30-23(26)17-12-20(31-24-17)16-9-10-19(29-3)22(11-16)33(27,28)25-13-15(2)14-32-21-8-6-5-7-18(21)25/h5-12,15H,4,13-14H2,1-3H3. The molecule has 0 bridgehead atoms. The molecule has 4 rings (SSSR count). The normalized spacial score (nSPS) is 16.1. The number of para-hydroxylation sites is 1. The van der Waals surface area contributed by atoms with E-state index in [0.717, 1.165) is 10.6 Å². The Kier molecular flexibility index (Phi) is 6.66. The van der Waals surface area contributed by atoms with Crippen molar-refractivity contribution < 1.29 is 27.2 Å². The van der Waals surface area contributed by atoms with Gasteiger partial charge in [-0.15, -0.1) is 11.8 Å². The summed E-state index contributed by atoms with van der Waals surface area (Å²) in [5.41, 5.74) is 1.10. The topological polar surface area (TPSA) is 98.9 Å². The molecule has 1 unspecified atom stereocenters. The fourth-order valence-corrected chi connectivity index (χ4v) is 6.46. The minimum Gasteiger partial charge on any atom is -0.495 e. The molecule has 0 spiro atoms. The Hall–Kier alpha value is -2.98. The van der Waals surface area contributed by atoms with Crippen molar-refractivity contribution >= 4 is 33.4 Å². The highest BCUT2D eigenvalue weighted by Crippen LogP contribution is 2.40. The van der Waals surface area contributed by atoms with Crippen LogP contribution >= 0.6 is 11.8 Å². The first kappa shape index (κ1) is 23.2. The lowest BCUT2D eigenvalue weighted by atomic mass is 10.1. The number of carbonyl (C=O) groups is 1. The van der Waals surface area contributed by atoms with Gasteiger partial charge >= 0.3 is 5.97 Å². The van der Waals surface area contributed by atoms with Crippen molar-refractivity contribution in [2.45, 2.75) is 23.6 Å². The third kappa shape index (κ3) is 4.58. The smallest absolute Gasteiger partial charge is 0.360 e. The molecule has 0 amide bonds. The van der Waals surface area contributed by atoms with E-state index < -0.39 is 16.0 Å². The number of hydrogen-bond acceptors (Lipinski definition) is 8. The number of carbonyl (C=O) groups excluding carboxylic acids is 1. The first-order chi connectivity index (χ1) is 15.8. The summed E-state index contributed by atoms with van der Waals surface area (Å²) >= 11 is 1.65. The predicted octanol–water partition coefficient (Wildman–Crippen LogP) is 4.46. The summed E-state index contributed by atoms with van der Waals surface area (Å²) in [6.07, 6.45) is 0. The molecular formula is C23H24N2O6S2. The van der Waals surface area contributed by atoms with Gasteiger partial charge in [-0.3, -0.25) is 4.31 Å². The summed E-state index contributed by atoms with van der Waals surface area (Å²) in [6.45, 7) is 4.27. The number of aromatic nitrogens is 1. The number of benzene rings is 2. The number of methoxy groups -OCH3 is 1. The lowest BCUT2D eigenvalue weighted by molar-refractivity contribution is 0.0514. The molecule has 2 aromatic carbocycles. The molecule has 1 aromatic heterocycles. The van der Waals surface area contributed by atoms with Crippen molar-refractivity contribution in [2.24, 2.45) is 5.92 Å². The molecule has 0 saturated heterocycles. The molecule has 3 aromatic rings. The van der Waals surface area contributed by atoms with Crippen molar-refractivity contribution in [1.82, 2.24) is 5.16 Å². The average Bonchev–Trinajstić information content (AvgIpc) is 3.25. The SMILES string of the molecule is CCOC(=O)c1cc(-c2ccc(OC)c(S(=O)(=O)N3CC(C)CSc4ccccc43)c2)on1. The Morgan fingerprint density at radius 1 is 1.24 bits per heavy atom. The number of esters is 1. The van der Waals surface area contributed by atoms with Crippen LogP contribution in [-0.2, 0) is 14.8 Å². The second-order valence-electron chi connectivity index (χ2n) is 7.58. The molecule has 33 heavy (non-hydrogen) atoms. The second kappa shape index (κ2) is 9.48. The number of hydrogen-bond donors (Lipinski definition) is 0. The van der Waals surface area contributed by atoms with Crippen LogP contribution in [0, 0.1) is 5.92 Å². The molecule has 0 radical (unpaired) electrons. The first-order valence-corrected chi connectivity index (χ1v) is 12.8. The van der Waals surface area contributed by atoms with Gasteiger partial charge in [-0.05, 0) is 43.2 Å². The second-order valence-corrected chi connectivity index (χ2v) is 10.5. The van der Waals surface area contributed by atoms with E-state index in [1.807, 2.05) is 31.2 Å². The lowest BCUT2D eigenvalue weighted by Gasteiger charge is -2.26. The van der Waals surface area contributed by atoms with Gasteiger partial charge in [-0.1, -0.05) is 24.2 Å². The molecule has 10 heteroatoms. The van der Waals surface area contributed by atoms with Crippen molar-refractivity contribution in [1.29, 1.82) is 0 Å². The minimum atomic E-state index is -3.98. The van der Waals surface area contributed by atoms with E-state index in [2.05, 4.69) is 5.16 Å². The lowest BCUT2D eigenvalue weighted by Crippen LogP contribution is -2.35. The largest absolute Gasteiger partial charge is 0.495 e. The molecule has 2 heterocycles. The number of thioether (sulfide) groups is 1. The summed E-state index contributed by atoms with van der Waals surface area (Å²) in [5, 5.41) is 3.74. The zero-order valence-corrected chi connectivity index (χ0v) is 20.1. The number of rotatable bonds is 6. The summed E-state index contributed by atoms with van der Waals surface area (Å²) < 4.78 is 44.9. The molecule has 0 aliphatic carbocycles. The quantitative estimate of drug-likeness (QED) is 0.469. The number of ether oxygens (including phenoxy) is 2. The summed E-state index contributed by atoms with van der Waals surface area (Å²) in [6, 6.07) is 13.6. The van der Waals surface area contributed by atoms with Crippen LogP contribution in [0.15, 0.2) is 62.8 Å². The Balaban J connectivity index is 1.79. The Labute approximate surface area is 196 Å². The van der Waals surface area contributed by atoms with Crippen LogP contribution in [0.3, 0.4) is 0 Å². The van der Waals surface area contributed by atoms with Gasteiger partial charge in [-0.2, -0.15) is 0 Å². The van der Waals surface area contributed by atoms with Gasteiger partial charge in [0.1, 0.15) is 10.6 Å². The van der Waals surface area contributed by atoms with Crippen LogP contribution in [0.5, 0.6) is 5.75 Å². The maximum atomic E-state index is 13.9. The highest BCUT2D eigenvalue weighted by molar-refractivity contribution is 7.99. The molecule has 1 aliphatic rings. The van der Waals surface area contributed by atoms with Gasteiger partial charge < -0.3 is 14.0 Å². The van der Waals surface area contributed by atoms with Crippen LogP contribution < -0.4 is 9.04 Å². The maximum Gasteiger partial charge on any atom is 0.360 e. The number of sulfonamides is 1. The predicted molar refractivity (Wildman–Crippen MR) is 125 cm³/mol. The van der Waals surface area contributed by atoms with Crippen LogP contribution in [0.25, 0.3) is 11.3 Å². The van der Waals surface area contributed by atoms with Gasteiger partial charge in [0.2, 0.25) is 0 Å². The molecule has 1 aliphatic heterocycles. The van der Waals surface area contributed by atoms with E-state index in [-0.39, 0.29) is 34.6 Å². The molecule has 174 valence electrons. The van der Waals surface area contributed by atoms with E-state index in [4.69, 9.17) is 14.0 Å². The Morgan fingerprint density at radius 2 is 2.03 bits per heavy atom. The number of fused-ring (bicyclic) bond motifs is 1. The molecule has 8 nitrogen and oxygen atoms in total. The zero-order chi connectivity index (χ0) is 23.6. The van der Waals surface area contributed by atoms with Gasteiger partial charge in [0, 0.05) is 28.8 Å². The fourth-order valence-electron chi connectivity index (χ4n) is 3.54. The minimum absolute atomic E-state index is 0.00508. The van der Waals surface area contributed by atoms with Gasteiger partial charge in [0.05, 0.1) is 19.4 Å². The molecule has 0 N–H and O–H groups in total. The average molecular weight is 489 g/mol. The van der Waals surface area contributed by atoms with Crippen molar-refractivity contribution in [2.75, 3.05) is 30.3 Å². The first-order valence-electron chi connectivity index (χ1n) is 10.4. The number of nitrogens with zero attached hydrogens (tertiary/aromatic N) is 2. The summed E-state index contributed by atoms with van der Waals surface area (Å²) in [7, 11) is -2.56. The van der Waals surface area contributed by atoms with E-state index in [9.17, 15) is 13.2 Å². The van der Waals surface area contributed by atoms with Gasteiger partial charge in [-0.25, -0.2) is 13.2 Å². The Bertz CT molecular complexity index is 1270. The third-order valence-corrected chi connectivity index (χ3v) is 8.34. The van der Waals surface area contributed by atoms with E-state index in [0.29, 0.717) is 17.8 Å².